The van der Waals surface area contributed by atoms with Crippen LogP contribution in [0.15, 0.2) is 30.3 Å². The highest BCUT2D eigenvalue weighted by molar-refractivity contribution is 7.99. The molecule has 0 bridgehead atoms. The van der Waals surface area contributed by atoms with Crippen LogP contribution in [-0.4, -0.2) is 106 Å². The summed E-state index contributed by atoms with van der Waals surface area (Å²) in [5.74, 6) is -0.775. The standard InChI is InChI=1S/C36H57N5O8S/c1-36(2,3)49-35(48)38-27-15-19-41(20-16-27)34(47)40-29(23-26-12-8-5-9-13-26)33(46)37-18-14-31(43)39-28(22-25-10-6-4-7-11-25)30(42)17-21-50-24-32(44)45/h5,8-9,12-13,25,27-30,42H,4,6-7,10-11,14-24H2,1-3H3,(H,37,46)(H,38,48)(H,39,43)(H,40,47)(H,44,45)/t28-,29-,30-/m0/s1. The molecule has 0 radical (unpaired) electrons. The Bertz CT molecular complexity index is 1230. The number of rotatable bonds is 17. The Morgan fingerprint density at radius 2 is 1.66 bits per heavy atom. The van der Waals surface area contributed by atoms with Crippen LogP contribution in [0.5, 0.6) is 0 Å². The second-order valence-corrected chi connectivity index (χ2v) is 15.5. The number of aliphatic hydroxyl groups excluding tert-OH is 1. The van der Waals surface area contributed by atoms with Gasteiger partial charge in [-0.25, -0.2) is 9.59 Å². The highest BCUT2D eigenvalue weighted by atomic mass is 32.2. The molecule has 1 heterocycles. The summed E-state index contributed by atoms with van der Waals surface area (Å²) in [5, 5.41) is 31.4. The fraction of sp³-hybridized carbons (Fsp3) is 0.694. The monoisotopic (exact) mass is 719 g/mol. The van der Waals surface area contributed by atoms with E-state index in [1.807, 2.05) is 30.3 Å². The number of likely N-dealkylation sites (tertiary alicyclic amines) is 1. The van der Waals surface area contributed by atoms with Gasteiger partial charge in [-0.1, -0.05) is 62.4 Å². The Morgan fingerprint density at radius 3 is 2.30 bits per heavy atom. The molecule has 2 fully saturated rings. The zero-order chi connectivity index (χ0) is 36.5. The van der Waals surface area contributed by atoms with Crippen LogP contribution in [0, 0.1) is 5.92 Å². The van der Waals surface area contributed by atoms with E-state index in [1.165, 1.54) is 18.2 Å². The van der Waals surface area contributed by atoms with E-state index >= 15 is 0 Å². The van der Waals surface area contributed by atoms with Crippen molar-refractivity contribution in [3.05, 3.63) is 35.9 Å². The van der Waals surface area contributed by atoms with Crippen molar-refractivity contribution in [2.24, 2.45) is 5.92 Å². The van der Waals surface area contributed by atoms with Crippen LogP contribution >= 0.6 is 11.8 Å². The highest BCUT2D eigenvalue weighted by Crippen LogP contribution is 2.28. The highest BCUT2D eigenvalue weighted by Gasteiger charge is 2.30. The number of carbonyl (C=O) groups excluding carboxylic acids is 4. The number of thioether (sulfide) groups is 1. The van der Waals surface area contributed by atoms with Gasteiger partial charge in [-0.3, -0.25) is 14.4 Å². The quantitative estimate of drug-likeness (QED) is 0.130. The minimum Gasteiger partial charge on any atom is -0.481 e. The van der Waals surface area contributed by atoms with Gasteiger partial charge >= 0.3 is 18.1 Å². The van der Waals surface area contributed by atoms with Crippen molar-refractivity contribution in [3.8, 4) is 0 Å². The lowest BCUT2D eigenvalue weighted by atomic mass is 9.83. The van der Waals surface area contributed by atoms with Gasteiger partial charge < -0.3 is 41.1 Å². The van der Waals surface area contributed by atoms with Crippen molar-refractivity contribution in [1.29, 1.82) is 0 Å². The maximum absolute atomic E-state index is 13.4. The largest absolute Gasteiger partial charge is 0.481 e. The van der Waals surface area contributed by atoms with Gasteiger partial charge in [-0.15, -0.1) is 0 Å². The van der Waals surface area contributed by atoms with Gasteiger partial charge in [-0.05, 0) is 63.7 Å². The van der Waals surface area contributed by atoms with Crippen LogP contribution < -0.4 is 21.3 Å². The maximum atomic E-state index is 13.4. The molecule has 14 heteroatoms. The van der Waals surface area contributed by atoms with Crippen LogP contribution in [0.1, 0.15) is 90.5 Å². The number of nitrogens with zero attached hydrogens (tertiary/aromatic N) is 1. The molecule has 1 aliphatic heterocycles. The van der Waals surface area contributed by atoms with E-state index in [0.717, 1.165) is 31.2 Å². The first-order valence-corrected chi connectivity index (χ1v) is 19.1. The molecule has 1 aromatic carbocycles. The summed E-state index contributed by atoms with van der Waals surface area (Å²) < 4.78 is 5.34. The number of urea groups is 1. The Balaban J connectivity index is 1.52. The van der Waals surface area contributed by atoms with Crippen LogP contribution in [0.2, 0.25) is 0 Å². The van der Waals surface area contributed by atoms with Gasteiger partial charge in [0.15, 0.2) is 0 Å². The molecule has 3 rings (SSSR count). The molecular formula is C36H57N5O8S. The molecule has 1 aromatic rings. The summed E-state index contributed by atoms with van der Waals surface area (Å²) in [6.07, 6.45) is 6.65. The normalized spacial score (nSPS) is 17.6. The Labute approximate surface area is 300 Å². The number of nitrogens with one attached hydrogen (secondary N) is 4. The number of piperidine rings is 1. The predicted molar refractivity (Wildman–Crippen MR) is 193 cm³/mol. The molecule has 5 amide bonds. The number of carbonyl (C=O) groups is 5. The molecule has 0 spiro atoms. The number of amides is 5. The molecule has 50 heavy (non-hydrogen) atoms. The molecule has 1 aliphatic carbocycles. The van der Waals surface area contributed by atoms with Gasteiger partial charge in [0, 0.05) is 38.5 Å². The summed E-state index contributed by atoms with van der Waals surface area (Å²) in [6.45, 7) is 6.25. The summed E-state index contributed by atoms with van der Waals surface area (Å²) >= 11 is 1.24. The minimum absolute atomic E-state index is 0.00242. The number of carboxylic acid groups (broad SMARTS) is 1. The molecule has 1 saturated carbocycles. The van der Waals surface area contributed by atoms with Crippen LogP contribution in [-0.2, 0) is 25.5 Å². The molecule has 0 aromatic heterocycles. The first-order chi connectivity index (χ1) is 23.8. The number of ether oxygens (including phenoxy) is 1. The van der Waals surface area contributed by atoms with E-state index < -0.39 is 41.8 Å². The average Bonchev–Trinajstić information content (AvgIpc) is 3.06. The van der Waals surface area contributed by atoms with Gasteiger partial charge in [0.2, 0.25) is 11.8 Å². The first-order valence-electron chi connectivity index (χ1n) is 17.9. The van der Waals surface area contributed by atoms with E-state index in [-0.39, 0.29) is 43.1 Å². The van der Waals surface area contributed by atoms with Crippen molar-refractivity contribution < 1.29 is 38.9 Å². The maximum Gasteiger partial charge on any atom is 0.407 e. The summed E-state index contributed by atoms with van der Waals surface area (Å²) in [4.78, 5) is 64.4. The number of aliphatic hydroxyl groups is 1. The molecule has 2 aliphatic rings. The molecule has 280 valence electrons. The van der Waals surface area contributed by atoms with Crippen LogP contribution in [0.4, 0.5) is 9.59 Å². The smallest absolute Gasteiger partial charge is 0.407 e. The topological polar surface area (TPSA) is 186 Å². The van der Waals surface area contributed by atoms with Crippen molar-refractivity contribution in [1.82, 2.24) is 26.2 Å². The lowest BCUT2D eigenvalue weighted by Crippen LogP contribution is -2.55. The first kappa shape index (κ1) is 40.9. The van der Waals surface area contributed by atoms with Gasteiger partial charge in [0.05, 0.1) is 17.9 Å². The number of aliphatic carboxylic acids is 1. The van der Waals surface area contributed by atoms with Crippen LogP contribution in [0.25, 0.3) is 0 Å². The molecular weight excluding hydrogens is 662 g/mol. The summed E-state index contributed by atoms with van der Waals surface area (Å²) in [7, 11) is 0. The number of hydrogen-bond acceptors (Lipinski definition) is 8. The SMILES string of the molecule is CC(C)(C)OC(=O)NC1CCN(C(=O)N[C@@H](Cc2ccccc2)C(=O)NCCC(=O)N[C@@H](CC2CCCCC2)[C@@H](O)CCSCC(=O)O)CC1. The summed E-state index contributed by atoms with van der Waals surface area (Å²) in [6, 6.07) is 7.52. The van der Waals surface area contributed by atoms with E-state index in [0.29, 0.717) is 50.4 Å². The fourth-order valence-electron chi connectivity index (χ4n) is 6.36. The molecule has 13 nitrogen and oxygen atoms in total. The number of carboxylic acids is 1. The van der Waals surface area contributed by atoms with Crippen LogP contribution in [0.3, 0.4) is 0 Å². The molecule has 3 atom stereocenters. The molecule has 6 N–H and O–H groups in total. The van der Waals surface area contributed by atoms with Crippen molar-refractivity contribution in [3.63, 3.8) is 0 Å². The van der Waals surface area contributed by atoms with E-state index in [2.05, 4.69) is 21.3 Å². The Kier molecular flexibility index (Phi) is 17.2. The van der Waals surface area contributed by atoms with Crippen molar-refractivity contribution >= 4 is 41.7 Å². The molecule has 1 saturated heterocycles. The zero-order valence-corrected chi connectivity index (χ0v) is 30.6. The average molecular weight is 720 g/mol. The third kappa shape index (κ3) is 16.0. The van der Waals surface area contributed by atoms with E-state index in [4.69, 9.17) is 9.84 Å². The number of benzene rings is 1. The van der Waals surface area contributed by atoms with E-state index in [1.54, 1.807) is 25.7 Å². The third-order valence-corrected chi connectivity index (χ3v) is 9.93. The third-order valence-electron chi connectivity index (χ3n) is 8.96. The lowest BCUT2D eigenvalue weighted by Gasteiger charge is -2.33. The fourth-order valence-corrected chi connectivity index (χ4v) is 7.09. The lowest BCUT2D eigenvalue weighted by molar-refractivity contribution is -0.134. The Morgan fingerprint density at radius 1 is 0.980 bits per heavy atom. The summed E-state index contributed by atoms with van der Waals surface area (Å²) in [5.41, 5.74) is 0.264. The Hall–Kier alpha value is -3.52. The van der Waals surface area contributed by atoms with Gasteiger partial charge in [-0.2, -0.15) is 11.8 Å². The second kappa shape index (κ2) is 21.0. The van der Waals surface area contributed by atoms with Gasteiger partial charge in [0.1, 0.15) is 11.6 Å². The predicted octanol–water partition coefficient (Wildman–Crippen LogP) is 3.83. The minimum atomic E-state index is -0.904. The molecule has 0 unspecified atom stereocenters. The van der Waals surface area contributed by atoms with Gasteiger partial charge in [0.25, 0.3) is 0 Å². The number of hydrogen-bond donors (Lipinski definition) is 6. The zero-order valence-electron chi connectivity index (χ0n) is 29.8. The van der Waals surface area contributed by atoms with E-state index in [9.17, 15) is 29.1 Å². The van der Waals surface area contributed by atoms with Crippen molar-refractivity contribution in [2.45, 2.75) is 121 Å². The number of alkyl carbamates (subject to hydrolysis) is 1. The second-order valence-electron chi connectivity index (χ2n) is 14.4. The van der Waals surface area contributed by atoms with Crippen molar-refractivity contribution in [2.75, 3.05) is 31.1 Å².